The zero-order valence-electron chi connectivity index (χ0n) is 14.4. The number of amides is 2. The molecule has 7 nitrogen and oxygen atoms in total. The number of hydrogen-bond donors (Lipinski definition) is 1. The molecule has 2 heterocycles. The van der Waals surface area contributed by atoms with Crippen LogP contribution in [-0.2, 0) is 22.6 Å². The Labute approximate surface area is 145 Å². The fourth-order valence-electron chi connectivity index (χ4n) is 1.83. The summed E-state index contributed by atoms with van der Waals surface area (Å²) in [5, 5.41) is 9.22. The SMILES string of the molecule is CN(CCn1cccn1)C(=O)Cc1csc(NC(=O)C(C)(C)C)n1. The van der Waals surface area contributed by atoms with Crippen molar-refractivity contribution in [1.82, 2.24) is 19.7 Å². The maximum absolute atomic E-state index is 12.2. The minimum Gasteiger partial charge on any atom is -0.344 e. The number of carbonyl (C=O) groups is 2. The maximum atomic E-state index is 12.2. The largest absolute Gasteiger partial charge is 0.344 e. The molecular formula is C16H23N5O2S. The van der Waals surface area contributed by atoms with Crippen LogP contribution in [0, 0.1) is 5.41 Å². The van der Waals surface area contributed by atoms with Crippen molar-refractivity contribution in [3.05, 3.63) is 29.5 Å². The quantitative estimate of drug-likeness (QED) is 0.865. The van der Waals surface area contributed by atoms with Crippen molar-refractivity contribution in [2.24, 2.45) is 5.41 Å². The lowest BCUT2D eigenvalue weighted by atomic mass is 9.96. The molecule has 0 unspecified atom stereocenters. The van der Waals surface area contributed by atoms with Crippen molar-refractivity contribution in [2.45, 2.75) is 33.7 Å². The molecule has 0 saturated carbocycles. The Balaban J connectivity index is 1.84. The van der Waals surface area contributed by atoms with Gasteiger partial charge in [-0.2, -0.15) is 5.10 Å². The summed E-state index contributed by atoms with van der Waals surface area (Å²) in [7, 11) is 1.76. The minimum atomic E-state index is -0.478. The third kappa shape index (κ3) is 5.16. The number of likely N-dealkylation sites (N-methyl/N-ethyl adjacent to an activating group) is 1. The highest BCUT2D eigenvalue weighted by Gasteiger charge is 2.22. The Morgan fingerprint density at radius 1 is 1.38 bits per heavy atom. The van der Waals surface area contributed by atoms with E-state index in [1.807, 2.05) is 33.0 Å². The number of anilines is 1. The molecule has 0 fully saturated rings. The summed E-state index contributed by atoms with van der Waals surface area (Å²) < 4.78 is 1.78. The predicted octanol–water partition coefficient (Wildman–Crippen LogP) is 2.03. The van der Waals surface area contributed by atoms with Crippen LogP contribution in [0.5, 0.6) is 0 Å². The van der Waals surface area contributed by atoms with Crippen LogP contribution in [0.15, 0.2) is 23.8 Å². The number of rotatable bonds is 6. The second-order valence-electron chi connectivity index (χ2n) is 6.61. The van der Waals surface area contributed by atoms with Gasteiger partial charge in [0.25, 0.3) is 0 Å². The van der Waals surface area contributed by atoms with E-state index in [1.165, 1.54) is 11.3 Å². The van der Waals surface area contributed by atoms with Gasteiger partial charge in [0.2, 0.25) is 11.8 Å². The molecule has 0 radical (unpaired) electrons. The molecule has 2 aromatic heterocycles. The molecule has 2 aromatic rings. The van der Waals surface area contributed by atoms with Gasteiger partial charge in [-0.3, -0.25) is 14.3 Å². The Kier molecular flexibility index (Phi) is 5.71. The topological polar surface area (TPSA) is 80.1 Å². The van der Waals surface area contributed by atoms with E-state index in [9.17, 15) is 9.59 Å². The van der Waals surface area contributed by atoms with Crippen LogP contribution < -0.4 is 5.32 Å². The van der Waals surface area contributed by atoms with E-state index >= 15 is 0 Å². The van der Waals surface area contributed by atoms with Crippen molar-refractivity contribution >= 4 is 28.3 Å². The monoisotopic (exact) mass is 349 g/mol. The van der Waals surface area contributed by atoms with Gasteiger partial charge in [-0.15, -0.1) is 11.3 Å². The van der Waals surface area contributed by atoms with Crippen LogP contribution in [0.2, 0.25) is 0 Å². The Hall–Kier alpha value is -2.22. The number of nitrogens with one attached hydrogen (secondary N) is 1. The van der Waals surface area contributed by atoms with E-state index in [0.29, 0.717) is 23.9 Å². The maximum Gasteiger partial charge on any atom is 0.231 e. The van der Waals surface area contributed by atoms with Gasteiger partial charge in [0.1, 0.15) is 0 Å². The fourth-order valence-corrected chi connectivity index (χ4v) is 2.54. The van der Waals surface area contributed by atoms with Crippen LogP contribution in [0.1, 0.15) is 26.5 Å². The van der Waals surface area contributed by atoms with Crippen molar-refractivity contribution in [2.75, 3.05) is 18.9 Å². The van der Waals surface area contributed by atoms with E-state index in [4.69, 9.17) is 0 Å². The fraction of sp³-hybridized carbons (Fsp3) is 0.500. The summed E-state index contributed by atoms with van der Waals surface area (Å²) in [6, 6.07) is 1.85. The highest BCUT2D eigenvalue weighted by atomic mass is 32.1. The summed E-state index contributed by atoms with van der Waals surface area (Å²) >= 11 is 1.33. The lowest BCUT2D eigenvalue weighted by Crippen LogP contribution is -2.31. The number of carbonyl (C=O) groups excluding carboxylic acids is 2. The van der Waals surface area contributed by atoms with Crippen LogP contribution >= 0.6 is 11.3 Å². The molecule has 8 heteroatoms. The van der Waals surface area contributed by atoms with Gasteiger partial charge in [-0.05, 0) is 6.07 Å². The molecule has 1 N–H and O–H groups in total. The van der Waals surface area contributed by atoms with Crippen LogP contribution in [0.4, 0.5) is 5.13 Å². The van der Waals surface area contributed by atoms with E-state index in [2.05, 4.69) is 15.4 Å². The van der Waals surface area contributed by atoms with E-state index in [0.717, 1.165) is 0 Å². The molecule has 2 amide bonds. The van der Waals surface area contributed by atoms with Gasteiger partial charge < -0.3 is 10.2 Å². The molecular weight excluding hydrogens is 326 g/mol. The predicted molar refractivity (Wildman–Crippen MR) is 93.8 cm³/mol. The van der Waals surface area contributed by atoms with Crippen molar-refractivity contribution in [3.63, 3.8) is 0 Å². The zero-order chi connectivity index (χ0) is 17.7. The zero-order valence-corrected chi connectivity index (χ0v) is 15.3. The third-order valence-corrected chi connectivity index (χ3v) is 4.24. The molecule has 0 atom stereocenters. The first-order valence-corrected chi connectivity index (χ1v) is 8.61. The number of thiazole rings is 1. The standard InChI is InChI=1S/C16H23N5O2S/c1-16(2,3)14(23)19-15-18-12(11-24-15)10-13(22)20(4)8-9-21-7-5-6-17-21/h5-7,11H,8-10H2,1-4H3,(H,18,19,23). The second kappa shape index (κ2) is 7.57. The molecule has 24 heavy (non-hydrogen) atoms. The summed E-state index contributed by atoms with van der Waals surface area (Å²) in [6.07, 6.45) is 3.80. The van der Waals surface area contributed by atoms with E-state index in [1.54, 1.807) is 28.2 Å². The van der Waals surface area contributed by atoms with Crippen molar-refractivity contribution in [1.29, 1.82) is 0 Å². The first-order valence-electron chi connectivity index (χ1n) is 7.73. The van der Waals surface area contributed by atoms with Crippen molar-refractivity contribution in [3.8, 4) is 0 Å². The molecule has 0 aromatic carbocycles. The van der Waals surface area contributed by atoms with E-state index in [-0.39, 0.29) is 18.2 Å². The highest BCUT2D eigenvalue weighted by molar-refractivity contribution is 7.13. The first kappa shape index (κ1) is 18.1. The second-order valence-corrected chi connectivity index (χ2v) is 7.47. The van der Waals surface area contributed by atoms with Gasteiger partial charge in [-0.25, -0.2) is 4.98 Å². The lowest BCUT2D eigenvalue weighted by molar-refractivity contribution is -0.129. The molecule has 0 spiro atoms. The Bertz CT molecular complexity index is 688. The average Bonchev–Trinajstić information content (AvgIpc) is 3.15. The molecule has 2 rings (SSSR count). The molecule has 0 bridgehead atoms. The van der Waals surface area contributed by atoms with E-state index < -0.39 is 5.41 Å². The van der Waals surface area contributed by atoms with Crippen LogP contribution in [0.3, 0.4) is 0 Å². The van der Waals surface area contributed by atoms with Gasteiger partial charge in [0.15, 0.2) is 5.13 Å². The normalized spacial score (nSPS) is 11.3. The van der Waals surface area contributed by atoms with Gasteiger partial charge in [0, 0.05) is 36.8 Å². The van der Waals surface area contributed by atoms with Crippen LogP contribution in [-0.4, -0.2) is 45.1 Å². The number of aromatic nitrogens is 3. The number of nitrogens with zero attached hydrogens (tertiary/aromatic N) is 4. The molecule has 130 valence electrons. The molecule has 0 aliphatic carbocycles. The third-order valence-electron chi connectivity index (χ3n) is 3.44. The molecule has 0 aliphatic heterocycles. The lowest BCUT2D eigenvalue weighted by Gasteiger charge is -2.16. The summed E-state index contributed by atoms with van der Waals surface area (Å²) in [5.74, 6) is -0.104. The van der Waals surface area contributed by atoms with Gasteiger partial charge in [0.05, 0.1) is 18.7 Å². The average molecular weight is 349 g/mol. The highest BCUT2D eigenvalue weighted by Crippen LogP contribution is 2.20. The summed E-state index contributed by atoms with van der Waals surface area (Å²) in [6.45, 7) is 6.76. The number of hydrogen-bond acceptors (Lipinski definition) is 5. The molecule has 0 aliphatic rings. The van der Waals surface area contributed by atoms with Gasteiger partial charge in [-0.1, -0.05) is 20.8 Å². The van der Waals surface area contributed by atoms with Gasteiger partial charge >= 0.3 is 0 Å². The first-order chi connectivity index (χ1) is 11.3. The Morgan fingerprint density at radius 3 is 2.75 bits per heavy atom. The smallest absolute Gasteiger partial charge is 0.231 e. The Morgan fingerprint density at radius 2 is 2.12 bits per heavy atom. The summed E-state index contributed by atoms with van der Waals surface area (Å²) in [5.41, 5.74) is 0.189. The van der Waals surface area contributed by atoms with Crippen LogP contribution in [0.25, 0.3) is 0 Å². The van der Waals surface area contributed by atoms with Crippen molar-refractivity contribution < 1.29 is 9.59 Å². The minimum absolute atomic E-state index is 0.0128. The summed E-state index contributed by atoms with van der Waals surface area (Å²) in [4.78, 5) is 30.2. The molecule has 0 saturated heterocycles.